The zero-order valence-electron chi connectivity index (χ0n) is 14.1. The van der Waals surface area contributed by atoms with Crippen LogP contribution in [0.5, 0.6) is 0 Å². The Labute approximate surface area is 133 Å². The molecule has 0 bridgehead atoms. The lowest BCUT2D eigenvalue weighted by atomic mass is 9.79. The number of hydrogen-bond acceptors (Lipinski definition) is 6. The van der Waals surface area contributed by atoms with E-state index in [1.807, 2.05) is 20.8 Å². The third-order valence-corrected chi connectivity index (χ3v) is 5.30. The molecular formula is C15H28O6P-. The van der Waals surface area contributed by atoms with E-state index in [1.165, 1.54) is 0 Å². The van der Waals surface area contributed by atoms with E-state index >= 15 is 0 Å². The maximum Gasteiger partial charge on any atom is 0.268 e. The minimum atomic E-state index is -4.37. The molecule has 6 nitrogen and oxygen atoms in total. The predicted molar refractivity (Wildman–Crippen MR) is 80.5 cm³/mol. The molecule has 5 atom stereocenters. The van der Waals surface area contributed by atoms with Crippen molar-refractivity contribution >= 4 is 7.82 Å². The second-order valence-corrected chi connectivity index (χ2v) is 8.23. The zero-order chi connectivity index (χ0) is 16.5. The van der Waals surface area contributed by atoms with Crippen LogP contribution in [-0.4, -0.2) is 36.1 Å². The molecule has 0 amide bonds. The van der Waals surface area contributed by atoms with Crippen LogP contribution in [-0.2, 0) is 23.1 Å². The molecule has 1 heterocycles. The van der Waals surface area contributed by atoms with Gasteiger partial charge in [-0.15, -0.1) is 0 Å². The van der Waals surface area contributed by atoms with Crippen molar-refractivity contribution in [2.45, 2.75) is 96.4 Å². The summed E-state index contributed by atoms with van der Waals surface area (Å²) in [5.74, 6) is 0. The molecule has 2 fully saturated rings. The van der Waals surface area contributed by atoms with Crippen molar-refractivity contribution in [2.75, 3.05) is 0 Å². The molecule has 2 aliphatic rings. The van der Waals surface area contributed by atoms with Crippen molar-refractivity contribution in [2.24, 2.45) is 0 Å². The fraction of sp³-hybridized carbons (Fsp3) is 1.00. The van der Waals surface area contributed by atoms with E-state index < -0.39 is 19.5 Å². The van der Waals surface area contributed by atoms with Crippen LogP contribution >= 0.6 is 7.82 Å². The number of rotatable bonds is 6. The first-order valence-electron chi connectivity index (χ1n) is 8.15. The fourth-order valence-electron chi connectivity index (χ4n) is 3.58. The highest BCUT2D eigenvalue weighted by Crippen LogP contribution is 2.54. The average Bonchev–Trinajstić information content (AvgIpc) is 2.62. The van der Waals surface area contributed by atoms with Gasteiger partial charge in [-0.05, 0) is 53.9 Å². The second-order valence-electron chi connectivity index (χ2n) is 6.94. The summed E-state index contributed by atoms with van der Waals surface area (Å²) in [6.45, 7) is 9.21. The molecule has 0 radical (unpaired) electrons. The number of phosphoric ester groups is 1. The maximum atomic E-state index is 12.2. The van der Waals surface area contributed by atoms with Crippen LogP contribution in [0.4, 0.5) is 0 Å². The lowest BCUT2D eigenvalue weighted by Crippen LogP contribution is -2.52. The summed E-state index contributed by atoms with van der Waals surface area (Å²) < 4.78 is 34.6. The van der Waals surface area contributed by atoms with Gasteiger partial charge in [-0.1, -0.05) is 0 Å². The van der Waals surface area contributed by atoms with Crippen LogP contribution in [0.25, 0.3) is 0 Å². The van der Waals surface area contributed by atoms with E-state index in [9.17, 15) is 9.46 Å². The first-order valence-corrected chi connectivity index (χ1v) is 9.61. The van der Waals surface area contributed by atoms with Crippen molar-refractivity contribution in [1.82, 2.24) is 0 Å². The standard InChI is InChI=1S/C15H29O6P/c1-10(2)18-13-7-6-8-15(9-12(5)19-14(13)15)21-22(16,17)20-11(3)4/h10-14H,6-9H2,1-5H3,(H,16,17)/p-1/t12-,13+,14?,15?/m0/s1. The summed E-state index contributed by atoms with van der Waals surface area (Å²) in [7, 11) is -4.37. The Kier molecular flexibility index (Phi) is 5.74. The van der Waals surface area contributed by atoms with Gasteiger partial charge in [0.15, 0.2) is 0 Å². The third-order valence-electron chi connectivity index (χ3n) is 4.04. The molecule has 0 aromatic carbocycles. The van der Waals surface area contributed by atoms with Crippen LogP contribution in [0.1, 0.15) is 60.3 Å². The Balaban J connectivity index is 2.19. The molecule has 22 heavy (non-hydrogen) atoms. The quantitative estimate of drug-likeness (QED) is 0.695. The van der Waals surface area contributed by atoms with E-state index in [-0.39, 0.29) is 24.4 Å². The molecule has 0 spiro atoms. The summed E-state index contributed by atoms with van der Waals surface area (Å²) in [4.78, 5) is 12.2. The number of hydrogen-bond donors (Lipinski definition) is 0. The van der Waals surface area contributed by atoms with Crippen LogP contribution < -0.4 is 4.89 Å². The molecule has 0 N–H and O–H groups in total. The largest absolute Gasteiger partial charge is 0.756 e. The van der Waals surface area contributed by atoms with Crippen LogP contribution in [0.15, 0.2) is 0 Å². The lowest BCUT2D eigenvalue weighted by Gasteiger charge is -2.45. The minimum absolute atomic E-state index is 0.0552. The molecule has 1 saturated carbocycles. The molecule has 1 aliphatic heterocycles. The van der Waals surface area contributed by atoms with Crippen molar-refractivity contribution in [3.05, 3.63) is 0 Å². The van der Waals surface area contributed by atoms with E-state index in [0.717, 1.165) is 12.8 Å². The molecule has 2 rings (SSSR count). The van der Waals surface area contributed by atoms with Gasteiger partial charge in [-0.3, -0.25) is 4.57 Å². The van der Waals surface area contributed by atoms with Gasteiger partial charge in [0.1, 0.15) is 11.7 Å². The van der Waals surface area contributed by atoms with Gasteiger partial charge in [0.2, 0.25) is 0 Å². The van der Waals surface area contributed by atoms with Gasteiger partial charge in [0.25, 0.3) is 7.82 Å². The Bertz CT molecular complexity index is 426. The van der Waals surface area contributed by atoms with Crippen LogP contribution in [0, 0.1) is 0 Å². The smallest absolute Gasteiger partial charge is 0.268 e. The summed E-state index contributed by atoms with van der Waals surface area (Å²) >= 11 is 0. The van der Waals surface area contributed by atoms with Gasteiger partial charge in [-0.2, -0.15) is 0 Å². The summed E-state index contributed by atoms with van der Waals surface area (Å²) in [6.07, 6.45) is 1.96. The highest BCUT2D eigenvalue weighted by molar-refractivity contribution is 7.45. The van der Waals surface area contributed by atoms with Crippen molar-refractivity contribution in [1.29, 1.82) is 0 Å². The van der Waals surface area contributed by atoms with E-state index in [2.05, 4.69) is 0 Å². The third kappa shape index (κ3) is 4.31. The van der Waals surface area contributed by atoms with Crippen LogP contribution in [0.2, 0.25) is 0 Å². The van der Waals surface area contributed by atoms with Gasteiger partial charge >= 0.3 is 0 Å². The van der Waals surface area contributed by atoms with E-state index in [1.54, 1.807) is 13.8 Å². The van der Waals surface area contributed by atoms with Crippen LogP contribution in [0.3, 0.4) is 0 Å². The molecule has 0 aromatic rings. The summed E-state index contributed by atoms with van der Waals surface area (Å²) in [6, 6.07) is 0. The first-order chi connectivity index (χ1) is 10.1. The topological polar surface area (TPSA) is 77.1 Å². The Morgan fingerprint density at radius 1 is 1.27 bits per heavy atom. The minimum Gasteiger partial charge on any atom is -0.756 e. The maximum absolute atomic E-state index is 12.2. The van der Waals surface area contributed by atoms with Crippen molar-refractivity contribution in [3.8, 4) is 0 Å². The van der Waals surface area contributed by atoms with Gasteiger partial charge < -0.3 is 23.4 Å². The monoisotopic (exact) mass is 335 g/mol. The SMILES string of the molecule is CC(C)O[C@@H]1CCCC2(OP(=O)([O-])OC(C)C)C[C@H](C)OC12. The predicted octanol–water partition coefficient (Wildman–Crippen LogP) is 2.79. The Morgan fingerprint density at radius 3 is 2.55 bits per heavy atom. The van der Waals surface area contributed by atoms with E-state index in [0.29, 0.717) is 12.8 Å². The molecule has 0 aromatic heterocycles. The first kappa shape index (κ1) is 18.4. The second kappa shape index (κ2) is 6.88. The normalized spacial score (nSPS) is 38.3. The zero-order valence-corrected chi connectivity index (χ0v) is 15.0. The molecule has 130 valence electrons. The van der Waals surface area contributed by atoms with Crippen molar-refractivity contribution in [3.63, 3.8) is 0 Å². The lowest BCUT2D eigenvalue weighted by molar-refractivity contribution is -0.250. The van der Waals surface area contributed by atoms with Crippen molar-refractivity contribution < 1.29 is 28.0 Å². The highest BCUT2D eigenvalue weighted by Gasteiger charge is 2.55. The Hall–Kier alpha value is 0.0300. The summed E-state index contributed by atoms with van der Waals surface area (Å²) in [5.41, 5.74) is -0.858. The molecule has 7 heteroatoms. The van der Waals surface area contributed by atoms with E-state index in [4.69, 9.17) is 18.5 Å². The average molecular weight is 335 g/mol. The number of phosphoric acid groups is 1. The highest BCUT2D eigenvalue weighted by atomic mass is 31.2. The number of ether oxygens (including phenoxy) is 2. The molecule has 1 aliphatic carbocycles. The fourth-order valence-corrected chi connectivity index (χ4v) is 4.85. The van der Waals surface area contributed by atoms with Gasteiger partial charge in [0.05, 0.1) is 24.4 Å². The Morgan fingerprint density at radius 2 is 1.95 bits per heavy atom. The van der Waals surface area contributed by atoms with Gasteiger partial charge in [-0.25, -0.2) is 0 Å². The molecular weight excluding hydrogens is 307 g/mol. The number of fused-ring (bicyclic) bond motifs is 1. The molecule has 1 saturated heterocycles. The molecule has 3 unspecified atom stereocenters. The van der Waals surface area contributed by atoms with Gasteiger partial charge in [0, 0.05) is 6.42 Å². The summed E-state index contributed by atoms with van der Waals surface area (Å²) in [5, 5.41) is 0.